The summed E-state index contributed by atoms with van der Waals surface area (Å²) in [6.45, 7) is 5.79. The summed E-state index contributed by atoms with van der Waals surface area (Å²) < 4.78 is 5.77. The Morgan fingerprint density at radius 1 is 1.18 bits per heavy atom. The second-order valence-electron chi connectivity index (χ2n) is 7.28. The quantitative estimate of drug-likeness (QED) is 0.630. The minimum atomic E-state index is -0.188. The maximum Gasteiger partial charge on any atom is 0.262 e. The van der Waals surface area contributed by atoms with Crippen molar-refractivity contribution in [3.63, 3.8) is 0 Å². The van der Waals surface area contributed by atoms with Crippen LogP contribution in [0.1, 0.15) is 24.0 Å². The van der Waals surface area contributed by atoms with Gasteiger partial charge in [0.05, 0.1) is 0 Å². The Balaban J connectivity index is 1.51. The van der Waals surface area contributed by atoms with E-state index in [-0.39, 0.29) is 12.5 Å². The highest BCUT2D eigenvalue weighted by Crippen LogP contribution is 2.23. The Morgan fingerprint density at radius 3 is 2.68 bits per heavy atom. The van der Waals surface area contributed by atoms with Crippen molar-refractivity contribution in [1.29, 1.82) is 0 Å². The van der Waals surface area contributed by atoms with Crippen LogP contribution in [0.25, 0.3) is 0 Å². The highest BCUT2D eigenvalue weighted by atomic mass is 35.5. The molecule has 150 valence electrons. The Hall–Kier alpha value is -2.08. The third kappa shape index (κ3) is 6.51. The fourth-order valence-corrected chi connectivity index (χ4v) is 3.50. The average molecular weight is 402 g/mol. The first-order chi connectivity index (χ1) is 13.6. The first-order valence-corrected chi connectivity index (χ1v) is 10.2. The van der Waals surface area contributed by atoms with Gasteiger partial charge in [0.1, 0.15) is 5.75 Å². The summed E-state index contributed by atoms with van der Waals surface area (Å²) >= 11 is 6.16. The topological polar surface area (TPSA) is 62.4 Å². The zero-order valence-corrected chi connectivity index (χ0v) is 17.0. The second-order valence-corrected chi connectivity index (χ2v) is 7.72. The highest BCUT2D eigenvalue weighted by molar-refractivity contribution is 6.30. The van der Waals surface area contributed by atoms with E-state index < -0.39 is 0 Å². The maximum atomic E-state index is 12.2. The molecule has 1 saturated heterocycles. The van der Waals surface area contributed by atoms with Crippen molar-refractivity contribution in [2.24, 2.45) is 5.92 Å². The van der Waals surface area contributed by atoms with Crippen LogP contribution < -0.4 is 20.7 Å². The first kappa shape index (κ1) is 20.6. The van der Waals surface area contributed by atoms with Gasteiger partial charge in [-0.3, -0.25) is 4.79 Å². The van der Waals surface area contributed by atoms with E-state index in [4.69, 9.17) is 16.3 Å². The van der Waals surface area contributed by atoms with Crippen LogP contribution in [0, 0.1) is 12.8 Å². The number of nitrogens with one attached hydrogen (secondary N) is 3. The van der Waals surface area contributed by atoms with Crippen LogP contribution in [0.15, 0.2) is 42.5 Å². The molecule has 0 bridgehead atoms. The monoisotopic (exact) mass is 401 g/mol. The van der Waals surface area contributed by atoms with Gasteiger partial charge in [0, 0.05) is 22.8 Å². The van der Waals surface area contributed by atoms with Gasteiger partial charge < -0.3 is 20.7 Å². The lowest BCUT2D eigenvalue weighted by Gasteiger charge is -2.23. The molecular weight excluding hydrogens is 374 g/mol. The number of benzene rings is 2. The molecule has 0 radical (unpaired) electrons. The summed E-state index contributed by atoms with van der Waals surface area (Å²) in [7, 11) is 0. The molecule has 28 heavy (non-hydrogen) atoms. The summed E-state index contributed by atoms with van der Waals surface area (Å²) in [6, 6.07) is 13.2. The molecular formula is C22H28ClN3O2. The molecule has 0 unspecified atom stereocenters. The van der Waals surface area contributed by atoms with Crippen LogP contribution in [-0.2, 0) is 11.3 Å². The van der Waals surface area contributed by atoms with E-state index in [2.05, 4.69) is 16.0 Å². The summed E-state index contributed by atoms with van der Waals surface area (Å²) in [4.78, 5) is 12.2. The number of rotatable bonds is 8. The van der Waals surface area contributed by atoms with Crippen LogP contribution in [0.4, 0.5) is 5.69 Å². The molecule has 0 spiro atoms. The molecule has 2 aromatic carbocycles. The van der Waals surface area contributed by atoms with E-state index in [1.54, 1.807) is 6.07 Å². The maximum absolute atomic E-state index is 12.2. The van der Waals surface area contributed by atoms with Gasteiger partial charge in [0.2, 0.25) is 0 Å². The molecule has 3 rings (SSSR count). The van der Waals surface area contributed by atoms with E-state index in [1.165, 1.54) is 12.8 Å². The zero-order valence-electron chi connectivity index (χ0n) is 16.3. The van der Waals surface area contributed by atoms with Gasteiger partial charge in [-0.15, -0.1) is 0 Å². The lowest BCUT2D eigenvalue weighted by Crippen LogP contribution is -2.33. The van der Waals surface area contributed by atoms with Gasteiger partial charge in [-0.05, 0) is 75.6 Å². The predicted octanol–water partition coefficient (Wildman–Crippen LogP) is 3.76. The second kappa shape index (κ2) is 10.5. The van der Waals surface area contributed by atoms with Gasteiger partial charge >= 0.3 is 0 Å². The molecule has 6 heteroatoms. The number of carbonyl (C=O) groups is 1. The largest absolute Gasteiger partial charge is 0.483 e. The third-order valence-corrected chi connectivity index (χ3v) is 5.16. The Morgan fingerprint density at radius 2 is 1.93 bits per heavy atom. The molecule has 1 aliphatic rings. The highest BCUT2D eigenvalue weighted by Gasteiger charge is 2.13. The fourth-order valence-electron chi connectivity index (χ4n) is 3.30. The van der Waals surface area contributed by atoms with Crippen molar-refractivity contribution in [1.82, 2.24) is 10.6 Å². The summed E-state index contributed by atoms with van der Waals surface area (Å²) in [5.41, 5.74) is 2.88. The van der Waals surface area contributed by atoms with Gasteiger partial charge in [0.15, 0.2) is 6.61 Å². The van der Waals surface area contributed by atoms with Crippen LogP contribution in [0.5, 0.6) is 5.75 Å². The van der Waals surface area contributed by atoms with Crippen molar-refractivity contribution in [3.05, 3.63) is 58.6 Å². The number of carbonyl (C=O) groups excluding carboxylic acids is 1. The van der Waals surface area contributed by atoms with E-state index in [0.29, 0.717) is 23.2 Å². The van der Waals surface area contributed by atoms with Crippen LogP contribution in [0.2, 0.25) is 5.02 Å². The Bertz CT molecular complexity index is 774. The van der Waals surface area contributed by atoms with E-state index >= 15 is 0 Å². The normalized spacial score (nSPS) is 14.6. The number of hydrogen-bond donors (Lipinski definition) is 3. The van der Waals surface area contributed by atoms with Gasteiger partial charge in [-0.1, -0.05) is 29.3 Å². The molecule has 1 amide bonds. The van der Waals surface area contributed by atoms with Crippen molar-refractivity contribution in [2.75, 3.05) is 31.6 Å². The van der Waals surface area contributed by atoms with Crippen LogP contribution in [-0.4, -0.2) is 32.1 Å². The molecule has 0 saturated carbocycles. The number of ether oxygens (including phenoxy) is 1. The van der Waals surface area contributed by atoms with Gasteiger partial charge in [-0.2, -0.15) is 0 Å². The fraction of sp³-hybridized carbons (Fsp3) is 0.409. The third-order valence-electron chi connectivity index (χ3n) is 4.92. The van der Waals surface area contributed by atoms with E-state index in [0.717, 1.165) is 36.4 Å². The van der Waals surface area contributed by atoms with Crippen molar-refractivity contribution >= 4 is 23.2 Å². The number of halogens is 1. The van der Waals surface area contributed by atoms with Crippen molar-refractivity contribution in [2.45, 2.75) is 26.3 Å². The number of amides is 1. The summed E-state index contributed by atoms with van der Waals surface area (Å²) in [5, 5.41) is 10.4. The van der Waals surface area contributed by atoms with Crippen molar-refractivity contribution < 1.29 is 9.53 Å². The van der Waals surface area contributed by atoms with E-state index in [1.807, 2.05) is 43.3 Å². The number of aryl methyl sites for hydroxylation is 1. The molecule has 0 aromatic heterocycles. The molecule has 1 aliphatic heterocycles. The molecule has 1 heterocycles. The number of anilines is 1. The summed E-state index contributed by atoms with van der Waals surface area (Å²) in [6.07, 6.45) is 2.40. The average Bonchev–Trinajstić information content (AvgIpc) is 2.70. The Kier molecular flexibility index (Phi) is 7.71. The van der Waals surface area contributed by atoms with E-state index in [9.17, 15) is 4.79 Å². The molecule has 5 nitrogen and oxygen atoms in total. The number of hydrogen-bond acceptors (Lipinski definition) is 4. The number of piperidine rings is 1. The van der Waals surface area contributed by atoms with Gasteiger partial charge in [0.25, 0.3) is 5.91 Å². The minimum absolute atomic E-state index is 0.0448. The smallest absolute Gasteiger partial charge is 0.262 e. The summed E-state index contributed by atoms with van der Waals surface area (Å²) in [5.74, 6) is 1.19. The SMILES string of the molecule is Cc1ccc(NC(=O)COc2ccc(Cl)cc2CNCC2CCNCC2)cc1. The molecule has 0 aliphatic carbocycles. The molecule has 0 atom stereocenters. The lowest BCUT2D eigenvalue weighted by molar-refractivity contribution is -0.118. The van der Waals surface area contributed by atoms with Gasteiger partial charge in [-0.25, -0.2) is 0 Å². The zero-order chi connectivity index (χ0) is 19.8. The molecule has 3 N–H and O–H groups in total. The molecule has 1 fully saturated rings. The lowest BCUT2D eigenvalue weighted by atomic mass is 9.98. The van der Waals surface area contributed by atoms with Crippen LogP contribution >= 0.6 is 11.6 Å². The molecule has 2 aromatic rings. The standard InChI is InChI=1S/C22H28ClN3O2/c1-16-2-5-20(6-3-16)26-22(27)15-28-21-7-4-19(23)12-18(21)14-25-13-17-8-10-24-11-9-17/h2-7,12,17,24-25H,8-11,13-15H2,1H3,(H,26,27). The first-order valence-electron chi connectivity index (χ1n) is 9.79. The minimum Gasteiger partial charge on any atom is -0.483 e. The Labute approximate surface area is 171 Å². The van der Waals surface area contributed by atoms with Crippen molar-refractivity contribution in [3.8, 4) is 5.75 Å². The van der Waals surface area contributed by atoms with Crippen LogP contribution in [0.3, 0.4) is 0 Å². The predicted molar refractivity (Wildman–Crippen MR) is 114 cm³/mol.